The van der Waals surface area contributed by atoms with E-state index < -0.39 is 8.07 Å². The maximum absolute atomic E-state index is 2.46. The topological polar surface area (TPSA) is 0 Å². The molecule has 0 radical (unpaired) electrons. The first-order valence-corrected chi connectivity index (χ1v) is 8.92. The Morgan fingerprint density at radius 3 is 2.27 bits per heavy atom. The van der Waals surface area contributed by atoms with Gasteiger partial charge in [-0.15, -0.1) is 0 Å². The van der Waals surface area contributed by atoms with E-state index in [1.807, 2.05) is 0 Å². The normalized spacial score (nSPS) is 11.2. The lowest BCUT2D eigenvalue weighted by Crippen LogP contribution is -2.40. The van der Waals surface area contributed by atoms with Crippen molar-refractivity contribution in [1.82, 2.24) is 0 Å². The van der Waals surface area contributed by atoms with Gasteiger partial charge in [-0.1, -0.05) is 66.3 Å². The Hall–Kier alpha value is -0.823. The Morgan fingerprint density at radius 2 is 1.73 bits per heavy atom. The van der Waals surface area contributed by atoms with E-state index in [4.69, 9.17) is 0 Å². The zero-order chi connectivity index (χ0) is 11.3. The molecule has 0 fully saturated rings. The second kappa shape index (κ2) is 5.31. The summed E-state index contributed by atoms with van der Waals surface area (Å²) in [4.78, 5) is 0. The highest BCUT2D eigenvalue weighted by Crippen LogP contribution is 2.13. The highest BCUT2D eigenvalue weighted by Gasteiger charge is 2.21. The monoisotopic (exact) mass is 218 g/mol. The maximum Gasteiger partial charge on any atom is 0.0809 e. The molecule has 0 nitrogen and oxygen atoms in total. The number of allylic oxidation sites excluding steroid dienone is 2. The van der Waals surface area contributed by atoms with Gasteiger partial charge in [-0.05, 0) is 20.3 Å². The minimum Gasteiger partial charge on any atom is -0.0862 e. The molecule has 0 spiro atoms. The first-order valence-electron chi connectivity index (χ1n) is 5.71. The van der Waals surface area contributed by atoms with Gasteiger partial charge in [-0.2, -0.15) is 0 Å². The van der Waals surface area contributed by atoms with E-state index in [2.05, 4.69) is 63.3 Å². The number of rotatable bonds is 4. The summed E-state index contributed by atoms with van der Waals surface area (Å²) in [6.07, 6.45) is 3.59. The number of hydrogen-bond donors (Lipinski definition) is 0. The van der Waals surface area contributed by atoms with Crippen LogP contribution in [0.15, 0.2) is 42.0 Å². The Labute approximate surface area is 95.0 Å². The Bertz CT molecular complexity index is 318. The van der Waals surface area contributed by atoms with Gasteiger partial charge < -0.3 is 0 Å². The molecule has 0 amide bonds. The number of hydrogen-bond acceptors (Lipinski definition) is 0. The standard InChI is InChI=1S/C14H22Si/c1-13(2)9-8-12-15(3,4)14-10-6-5-7-11-14/h5-7,9-11H,8,12H2,1-4H3. The van der Waals surface area contributed by atoms with Crippen LogP contribution in [0.1, 0.15) is 20.3 Å². The molecule has 0 saturated heterocycles. The quantitative estimate of drug-likeness (QED) is 0.530. The van der Waals surface area contributed by atoms with E-state index in [9.17, 15) is 0 Å². The molecule has 0 saturated carbocycles. The lowest BCUT2D eigenvalue weighted by molar-refractivity contribution is 1.13. The van der Waals surface area contributed by atoms with Crippen LogP contribution in [-0.2, 0) is 0 Å². The van der Waals surface area contributed by atoms with Crippen LogP contribution in [0.25, 0.3) is 0 Å². The van der Waals surface area contributed by atoms with Gasteiger partial charge in [0.15, 0.2) is 0 Å². The highest BCUT2D eigenvalue weighted by molar-refractivity contribution is 6.89. The molecule has 1 rings (SSSR count). The average Bonchev–Trinajstić information content (AvgIpc) is 2.18. The van der Waals surface area contributed by atoms with E-state index in [1.54, 1.807) is 5.19 Å². The third-order valence-corrected chi connectivity index (χ3v) is 6.31. The van der Waals surface area contributed by atoms with Crippen molar-refractivity contribution in [2.45, 2.75) is 39.4 Å². The molecule has 1 heteroatoms. The van der Waals surface area contributed by atoms with Crippen LogP contribution in [-0.4, -0.2) is 8.07 Å². The number of benzene rings is 1. The molecule has 0 bridgehead atoms. The molecule has 15 heavy (non-hydrogen) atoms. The summed E-state index contributed by atoms with van der Waals surface area (Å²) in [5.41, 5.74) is 1.44. The van der Waals surface area contributed by atoms with Gasteiger partial charge in [0.25, 0.3) is 0 Å². The fourth-order valence-electron chi connectivity index (χ4n) is 1.76. The van der Waals surface area contributed by atoms with Crippen molar-refractivity contribution >= 4 is 13.3 Å². The summed E-state index contributed by atoms with van der Waals surface area (Å²) < 4.78 is 0. The molecular formula is C14H22Si. The second-order valence-corrected chi connectivity index (χ2v) is 9.92. The summed E-state index contributed by atoms with van der Waals surface area (Å²) in [6.45, 7) is 9.27. The Morgan fingerprint density at radius 1 is 1.13 bits per heavy atom. The van der Waals surface area contributed by atoms with E-state index >= 15 is 0 Å². The fourth-order valence-corrected chi connectivity index (χ4v) is 4.00. The molecule has 0 aliphatic heterocycles. The highest BCUT2D eigenvalue weighted by atomic mass is 28.3. The molecular weight excluding hydrogens is 196 g/mol. The van der Waals surface area contributed by atoms with Gasteiger partial charge in [0.2, 0.25) is 0 Å². The molecule has 1 aromatic carbocycles. The third kappa shape index (κ3) is 4.04. The molecule has 0 heterocycles. The van der Waals surface area contributed by atoms with Crippen molar-refractivity contribution in [3.8, 4) is 0 Å². The van der Waals surface area contributed by atoms with Crippen LogP contribution in [0.3, 0.4) is 0 Å². The van der Waals surface area contributed by atoms with Gasteiger partial charge in [0.1, 0.15) is 0 Å². The SMILES string of the molecule is CC(C)=CCC[Si](C)(C)c1ccccc1. The van der Waals surface area contributed by atoms with Gasteiger partial charge in [-0.3, -0.25) is 0 Å². The van der Waals surface area contributed by atoms with Crippen LogP contribution in [0.5, 0.6) is 0 Å². The molecule has 0 aliphatic rings. The minimum absolute atomic E-state index is 1.19. The van der Waals surface area contributed by atoms with Crippen molar-refractivity contribution < 1.29 is 0 Å². The van der Waals surface area contributed by atoms with Crippen molar-refractivity contribution in [3.63, 3.8) is 0 Å². The van der Waals surface area contributed by atoms with Crippen molar-refractivity contribution in [2.75, 3.05) is 0 Å². The zero-order valence-electron chi connectivity index (χ0n) is 10.4. The minimum atomic E-state index is -1.19. The predicted octanol–water partition coefficient (Wildman–Crippen LogP) is 3.96. The first kappa shape index (κ1) is 12.2. The molecule has 0 atom stereocenters. The Balaban J connectivity index is 2.64. The maximum atomic E-state index is 2.46. The van der Waals surface area contributed by atoms with Gasteiger partial charge in [0, 0.05) is 0 Å². The summed E-state index contributed by atoms with van der Waals surface area (Å²) in [5.74, 6) is 0. The smallest absolute Gasteiger partial charge is 0.0809 e. The van der Waals surface area contributed by atoms with Gasteiger partial charge in [0.05, 0.1) is 8.07 Å². The summed E-state index contributed by atoms with van der Waals surface area (Å²) in [5, 5.41) is 1.58. The van der Waals surface area contributed by atoms with Crippen LogP contribution in [0.4, 0.5) is 0 Å². The third-order valence-electron chi connectivity index (χ3n) is 2.88. The van der Waals surface area contributed by atoms with Crippen molar-refractivity contribution in [1.29, 1.82) is 0 Å². The van der Waals surface area contributed by atoms with E-state index in [0.29, 0.717) is 0 Å². The van der Waals surface area contributed by atoms with Gasteiger partial charge in [-0.25, -0.2) is 0 Å². The van der Waals surface area contributed by atoms with Gasteiger partial charge >= 0.3 is 0 Å². The summed E-state index contributed by atoms with van der Waals surface area (Å²) in [6, 6.07) is 12.3. The fraction of sp³-hybridized carbons (Fsp3) is 0.429. The van der Waals surface area contributed by atoms with E-state index in [1.165, 1.54) is 18.0 Å². The molecule has 82 valence electrons. The van der Waals surface area contributed by atoms with Crippen molar-refractivity contribution in [2.24, 2.45) is 0 Å². The van der Waals surface area contributed by atoms with Crippen LogP contribution in [0, 0.1) is 0 Å². The Kier molecular flexibility index (Phi) is 4.34. The van der Waals surface area contributed by atoms with E-state index in [-0.39, 0.29) is 0 Å². The first-order chi connectivity index (χ1) is 7.02. The molecule has 0 aliphatic carbocycles. The lowest BCUT2D eigenvalue weighted by Gasteiger charge is -2.22. The molecule has 1 aromatic rings. The molecule has 0 aromatic heterocycles. The molecule has 0 unspecified atom stereocenters. The summed E-state index contributed by atoms with van der Waals surface area (Å²) >= 11 is 0. The zero-order valence-corrected chi connectivity index (χ0v) is 11.4. The second-order valence-electron chi connectivity index (χ2n) is 5.07. The van der Waals surface area contributed by atoms with E-state index in [0.717, 1.165) is 0 Å². The average molecular weight is 218 g/mol. The van der Waals surface area contributed by atoms with Crippen LogP contribution < -0.4 is 5.19 Å². The van der Waals surface area contributed by atoms with Crippen molar-refractivity contribution in [3.05, 3.63) is 42.0 Å². The summed E-state index contributed by atoms with van der Waals surface area (Å²) in [7, 11) is -1.19. The van der Waals surface area contributed by atoms with Crippen LogP contribution >= 0.6 is 0 Å². The molecule has 0 N–H and O–H groups in total. The predicted molar refractivity (Wildman–Crippen MR) is 72.4 cm³/mol. The lowest BCUT2D eigenvalue weighted by atomic mass is 10.3. The largest absolute Gasteiger partial charge is 0.0862 e. The van der Waals surface area contributed by atoms with Crippen LogP contribution in [0.2, 0.25) is 19.1 Å².